The molecule has 0 aliphatic carbocycles. The van der Waals surface area contributed by atoms with E-state index in [2.05, 4.69) is 14.7 Å². The number of rotatable bonds is 9. The van der Waals surface area contributed by atoms with Crippen molar-refractivity contribution in [2.45, 2.75) is 23.6 Å². The number of nitrogens with one attached hydrogen (secondary N) is 1. The second kappa shape index (κ2) is 9.41. The Morgan fingerprint density at radius 1 is 0.935 bits per heavy atom. The number of ether oxygens (including phenoxy) is 1. The molecule has 1 N–H and O–H groups in total. The molecule has 3 aromatic rings. The Hall–Kier alpha value is -3.02. The fourth-order valence-electron chi connectivity index (χ4n) is 2.80. The highest BCUT2D eigenvalue weighted by Crippen LogP contribution is 2.25. The number of anilines is 1. The van der Waals surface area contributed by atoms with Crippen LogP contribution in [0.15, 0.2) is 76.9 Å². The van der Waals surface area contributed by atoms with Crippen molar-refractivity contribution in [1.82, 2.24) is 14.3 Å². The van der Waals surface area contributed by atoms with Gasteiger partial charge in [-0.3, -0.25) is 9.71 Å². The summed E-state index contributed by atoms with van der Waals surface area (Å²) in [4.78, 5) is 7.88. The molecule has 0 radical (unpaired) electrons. The summed E-state index contributed by atoms with van der Waals surface area (Å²) in [5.74, 6) is 0.647. The van der Waals surface area contributed by atoms with E-state index in [0.29, 0.717) is 18.8 Å². The number of nitrogens with zero attached hydrogens (tertiary/aromatic N) is 3. The molecule has 1 aromatic heterocycles. The van der Waals surface area contributed by atoms with Crippen molar-refractivity contribution in [3.63, 3.8) is 0 Å². The van der Waals surface area contributed by atoms with Crippen LogP contribution in [0.25, 0.3) is 0 Å². The first-order valence-corrected chi connectivity index (χ1v) is 12.4. The van der Waals surface area contributed by atoms with Crippen molar-refractivity contribution in [1.29, 1.82) is 0 Å². The van der Waals surface area contributed by atoms with Gasteiger partial charge in [0.15, 0.2) is 0 Å². The number of benzene rings is 2. The lowest BCUT2D eigenvalue weighted by Crippen LogP contribution is -2.30. The van der Waals surface area contributed by atoms with Crippen LogP contribution in [0, 0.1) is 0 Å². The van der Waals surface area contributed by atoms with E-state index in [4.69, 9.17) is 4.74 Å². The van der Waals surface area contributed by atoms with Crippen LogP contribution in [0.1, 0.15) is 13.8 Å². The number of sulfonamides is 2. The molecule has 0 aliphatic rings. The summed E-state index contributed by atoms with van der Waals surface area (Å²) in [7, 11) is -7.61. The van der Waals surface area contributed by atoms with Gasteiger partial charge in [0.2, 0.25) is 15.9 Å². The second-order valence-corrected chi connectivity index (χ2v) is 9.96. The molecule has 0 unspecified atom stereocenters. The summed E-state index contributed by atoms with van der Waals surface area (Å²) in [6.07, 6.45) is 4.42. The molecular weight excluding hydrogens is 440 g/mol. The zero-order valence-electron chi connectivity index (χ0n) is 17.0. The van der Waals surface area contributed by atoms with E-state index in [9.17, 15) is 16.8 Å². The molecule has 0 saturated carbocycles. The third kappa shape index (κ3) is 5.37. The van der Waals surface area contributed by atoms with Gasteiger partial charge in [0.25, 0.3) is 10.0 Å². The third-order valence-corrected chi connectivity index (χ3v) is 7.79. The topological polar surface area (TPSA) is 119 Å². The van der Waals surface area contributed by atoms with E-state index in [-0.39, 0.29) is 21.4 Å². The van der Waals surface area contributed by atoms with Gasteiger partial charge < -0.3 is 4.74 Å². The first-order chi connectivity index (χ1) is 14.8. The highest BCUT2D eigenvalue weighted by Gasteiger charge is 2.23. The molecule has 0 bridgehead atoms. The highest BCUT2D eigenvalue weighted by molar-refractivity contribution is 7.92. The van der Waals surface area contributed by atoms with E-state index >= 15 is 0 Å². The summed E-state index contributed by atoms with van der Waals surface area (Å²) in [6, 6.07) is 11.5. The Morgan fingerprint density at radius 2 is 1.61 bits per heavy atom. The lowest BCUT2D eigenvalue weighted by Gasteiger charge is -2.18. The first kappa shape index (κ1) is 22.7. The van der Waals surface area contributed by atoms with Crippen LogP contribution in [0.3, 0.4) is 0 Å². The van der Waals surface area contributed by atoms with Crippen molar-refractivity contribution < 1.29 is 21.6 Å². The molecule has 0 saturated heterocycles. The zero-order chi connectivity index (χ0) is 22.5. The molecule has 0 spiro atoms. The van der Waals surface area contributed by atoms with Gasteiger partial charge in [-0.25, -0.2) is 21.8 Å². The zero-order valence-corrected chi connectivity index (χ0v) is 18.6. The average Bonchev–Trinajstić information content (AvgIpc) is 2.75. The Balaban J connectivity index is 1.79. The summed E-state index contributed by atoms with van der Waals surface area (Å²) < 4.78 is 60.0. The van der Waals surface area contributed by atoms with Crippen LogP contribution in [0.5, 0.6) is 11.6 Å². The first-order valence-electron chi connectivity index (χ1n) is 9.43. The minimum Gasteiger partial charge on any atom is -0.437 e. The fourth-order valence-corrected chi connectivity index (χ4v) is 5.31. The summed E-state index contributed by atoms with van der Waals surface area (Å²) in [5.41, 5.74) is 0.279. The van der Waals surface area contributed by atoms with Crippen molar-refractivity contribution in [2.75, 3.05) is 17.8 Å². The molecule has 0 atom stereocenters. The van der Waals surface area contributed by atoms with E-state index < -0.39 is 20.0 Å². The van der Waals surface area contributed by atoms with Crippen LogP contribution < -0.4 is 9.46 Å². The maximum atomic E-state index is 12.7. The Kier molecular flexibility index (Phi) is 6.88. The monoisotopic (exact) mass is 462 g/mol. The van der Waals surface area contributed by atoms with Crippen LogP contribution in [0.4, 0.5) is 5.69 Å². The molecule has 0 fully saturated rings. The number of hydrogen-bond donors (Lipinski definition) is 1. The molecule has 3 rings (SSSR count). The van der Waals surface area contributed by atoms with Crippen molar-refractivity contribution in [3.05, 3.63) is 67.1 Å². The van der Waals surface area contributed by atoms with Gasteiger partial charge in [0.1, 0.15) is 5.75 Å². The molecule has 11 heteroatoms. The van der Waals surface area contributed by atoms with Gasteiger partial charge in [0, 0.05) is 31.5 Å². The average molecular weight is 463 g/mol. The van der Waals surface area contributed by atoms with Gasteiger partial charge in [-0.05, 0) is 36.4 Å². The highest BCUT2D eigenvalue weighted by atomic mass is 32.2. The van der Waals surface area contributed by atoms with Gasteiger partial charge >= 0.3 is 0 Å². The predicted molar refractivity (Wildman–Crippen MR) is 116 cm³/mol. The quantitative estimate of drug-likeness (QED) is 0.519. The minimum atomic E-state index is -3.94. The third-order valence-electron chi connectivity index (χ3n) is 4.33. The van der Waals surface area contributed by atoms with Gasteiger partial charge in [-0.1, -0.05) is 19.9 Å². The molecule has 0 aliphatic heterocycles. The maximum Gasteiger partial charge on any atom is 0.261 e. The maximum absolute atomic E-state index is 12.7. The van der Waals surface area contributed by atoms with Gasteiger partial charge in [-0.15, -0.1) is 0 Å². The predicted octanol–water partition coefficient (Wildman–Crippen LogP) is 3.10. The second-order valence-electron chi connectivity index (χ2n) is 6.34. The van der Waals surface area contributed by atoms with E-state index in [1.54, 1.807) is 32.0 Å². The Morgan fingerprint density at radius 3 is 2.23 bits per heavy atom. The van der Waals surface area contributed by atoms with E-state index in [0.717, 1.165) is 0 Å². The Bertz CT molecular complexity index is 1230. The molecule has 0 amide bonds. The smallest absolute Gasteiger partial charge is 0.261 e. The van der Waals surface area contributed by atoms with Crippen LogP contribution in [-0.2, 0) is 20.0 Å². The van der Waals surface area contributed by atoms with Gasteiger partial charge in [0.05, 0.1) is 21.7 Å². The molecule has 31 heavy (non-hydrogen) atoms. The van der Waals surface area contributed by atoms with E-state index in [1.807, 2.05) is 0 Å². The SMILES string of the molecule is CCN(CC)S(=O)(=O)c1ccc(S(=O)(=O)Nc2cccc(Oc3cnccn3)c2)cc1. The standard InChI is InChI=1S/C20H22N4O5S2/c1-3-24(4-2)31(27,28)19-10-8-18(9-11-19)30(25,26)23-16-6-5-7-17(14-16)29-20-15-21-12-13-22-20/h5-15,23H,3-4H2,1-2H3. The molecule has 164 valence electrons. The Labute approximate surface area is 181 Å². The largest absolute Gasteiger partial charge is 0.437 e. The molecule has 9 nitrogen and oxygen atoms in total. The van der Waals surface area contributed by atoms with Crippen molar-refractivity contribution in [2.24, 2.45) is 0 Å². The van der Waals surface area contributed by atoms with Crippen molar-refractivity contribution >= 4 is 25.7 Å². The summed E-state index contributed by atoms with van der Waals surface area (Å²) in [5, 5.41) is 0. The molecular formula is C20H22N4O5S2. The normalized spacial score (nSPS) is 12.0. The molecule has 1 heterocycles. The van der Waals surface area contributed by atoms with Crippen molar-refractivity contribution in [3.8, 4) is 11.6 Å². The van der Waals surface area contributed by atoms with E-state index in [1.165, 1.54) is 53.2 Å². The summed E-state index contributed by atoms with van der Waals surface area (Å²) >= 11 is 0. The lowest BCUT2D eigenvalue weighted by atomic mass is 10.3. The van der Waals surface area contributed by atoms with Crippen LogP contribution >= 0.6 is 0 Å². The van der Waals surface area contributed by atoms with Crippen LogP contribution in [-0.4, -0.2) is 44.2 Å². The minimum absolute atomic E-state index is 0.0366. The number of aromatic nitrogens is 2. The lowest BCUT2D eigenvalue weighted by molar-refractivity contribution is 0.445. The van der Waals surface area contributed by atoms with Crippen LogP contribution in [0.2, 0.25) is 0 Å². The number of hydrogen-bond acceptors (Lipinski definition) is 7. The van der Waals surface area contributed by atoms with Gasteiger partial charge in [-0.2, -0.15) is 4.31 Å². The fraction of sp³-hybridized carbons (Fsp3) is 0.200. The molecule has 2 aromatic carbocycles. The summed E-state index contributed by atoms with van der Waals surface area (Å²) in [6.45, 7) is 4.14.